The zero-order chi connectivity index (χ0) is 14.0. The molecule has 0 aliphatic rings. The lowest BCUT2D eigenvalue weighted by Gasteiger charge is -2.13. The summed E-state index contributed by atoms with van der Waals surface area (Å²) in [6.45, 7) is 9.27. The Balaban J connectivity index is 2.32. The van der Waals surface area contributed by atoms with E-state index in [4.69, 9.17) is 5.73 Å². The van der Waals surface area contributed by atoms with Crippen molar-refractivity contribution in [1.82, 2.24) is 14.6 Å². The van der Waals surface area contributed by atoms with Crippen LogP contribution in [0, 0.1) is 0 Å². The van der Waals surface area contributed by atoms with E-state index >= 15 is 0 Å². The number of rotatable bonds is 4. The topological polar surface area (TPSA) is 68.2 Å². The van der Waals surface area contributed by atoms with Crippen LogP contribution in [0.3, 0.4) is 0 Å². The molecule has 0 saturated carbocycles. The molecule has 1 unspecified atom stereocenters. The van der Waals surface area contributed by atoms with Crippen molar-refractivity contribution in [3.8, 4) is 0 Å². The fraction of sp³-hybridized carbons (Fsp3) is 0.571. The van der Waals surface area contributed by atoms with Crippen molar-refractivity contribution in [1.29, 1.82) is 0 Å². The molecule has 0 amide bonds. The minimum Gasteiger partial charge on any atom is -0.367 e. The molecule has 19 heavy (non-hydrogen) atoms. The van der Waals surface area contributed by atoms with Crippen molar-refractivity contribution in [2.24, 2.45) is 5.73 Å². The number of nitrogens with zero attached hydrogens (tertiary/aromatic N) is 3. The molecule has 1 atom stereocenters. The molecule has 5 heteroatoms. The van der Waals surface area contributed by atoms with Gasteiger partial charge in [-0.15, -0.1) is 0 Å². The van der Waals surface area contributed by atoms with Crippen molar-refractivity contribution in [2.75, 3.05) is 11.9 Å². The second kappa shape index (κ2) is 5.17. The van der Waals surface area contributed by atoms with Gasteiger partial charge in [-0.05, 0) is 12.5 Å². The smallest absolute Gasteiger partial charge is 0.152 e. The lowest BCUT2D eigenvalue weighted by Crippen LogP contribution is -2.28. The van der Waals surface area contributed by atoms with Crippen LogP contribution >= 0.6 is 0 Å². The molecule has 2 heterocycles. The Morgan fingerprint density at radius 2 is 2.16 bits per heavy atom. The Kier molecular flexibility index (Phi) is 3.75. The quantitative estimate of drug-likeness (QED) is 0.885. The van der Waals surface area contributed by atoms with Crippen LogP contribution in [0.15, 0.2) is 18.5 Å². The maximum absolute atomic E-state index is 5.93. The van der Waals surface area contributed by atoms with Crippen LogP contribution < -0.4 is 11.1 Å². The third-order valence-corrected chi connectivity index (χ3v) is 3.21. The molecule has 0 saturated heterocycles. The summed E-state index contributed by atoms with van der Waals surface area (Å²) < 4.78 is 1.87. The first-order valence-electron chi connectivity index (χ1n) is 6.76. The highest BCUT2D eigenvalue weighted by Gasteiger charge is 2.19. The first-order valence-corrected chi connectivity index (χ1v) is 6.76. The predicted molar refractivity (Wildman–Crippen MR) is 78.4 cm³/mol. The molecule has 0 aromatic carbocycles. The minimum atomic E-state index is 0.0309. The number of anilines is 1. The SMILES string of the molecule is CCC(N)CNc1nccn2nc(C(C)(C)C)cc12. The number of fused-ring (bicyclic) bond motifs is 1. The molecule has 2 aromatic heterocycles. The second-order valence-electron chi connectivity index (χ2n) is 5.93. The van der Waals surface area contributed by atoms with E-state index in [1.807, 2.05) is 10.7 Å². The summed E-state index contributed by atoms with van der Waals surface area (Å²) in [5.41, 5.74) is 8.01. The van der Waals surface area contributed by atoms with E-state index in [-0.39, 0.29) is 11.5 Å². The van der Waals surface area contributed by atoms with Crippen LogP contribution in [0.1, 0.15) is 39.8 Å². The van der Waals surface area contributed by atoms with Crippen molar-refractivity contribution >= 4 is 11.3 Å². The molecular weight excluding hydrogens is 238 g/mol. The molecule has 0 aliphatic heterocycles. The maximum Gasteiger partial charge on any atom is 0.152 e. The molecule has 2 rings (SSSR count). The van der Waals surface area contributed by atoms with Gasteiger partial charge in [0.2, 0.25) is 0 Å². The number of nitrogens with one attached hydrogen (secondary N) is 1. The Labute approximate surface area is 114 Å². The average molecular weight is 261 g/mol. The van der Waals surface area contributed by atoms with Crippen molar-refractivity contribution < 1.29 is 0 Å². The lowest BCUT2D eigenvalue weighted by molar-refractivity contribution is 0.562. The highest BCUT2D eigenvalue weighted by Crippen LogP contribution is 2.24. The molecule has 2 aromatic rings. The van der Waals surface area contributed by atoms with Crippen LogP contribution in [-0.4, -0.2) is 27.2 Å². The average Bonchev–Trinajstić information content (AvgIpc) is 2.80. The number of aromatic nitrogens is 3. The molecule has 104 valence electrons. The summed E-state index contributed by atoms with van der Waals surface area (Å²) in [4.78, 5) is 4.38. The maximum atomic E-state index is 5.93. The van der Waals surface area contributed by atoms with E-state index < -0.39 is 0 Å². The van der Waals surface area contributed by atoms with Gasteiger partial charge in [-0.3, -0.25) is 0 Å². The Morgan fingerprint density at radius 3 is 2.79 bits per heavy atom. The minimum absolute atomic E-state index is 0.0309. The van der Waals surface area contributed by atoms with Gasteiger partial charge in [-0.2, -0.15) is 5.10 Å². The van der Waals surface area contributed by atoms with E-state index in [0.717, 1.165) is 30.0 Å². The summed E-state index contributed by atoms with van der Waals surface area (Å²) in [6.07, 6.45) is 4.57. The summed E-state index contributed by atoms with van der Waals surface area (Å²) in [6, 6.07) is 2.24. The summed E-state index contributed by atoms with van der Waals surface area (Å²) in [7, 11) is 0. The standard InChI is InChI=1S/C14H23N5/c1-5-10(15)9-17-13-11-8-12(14(2,3)4)18-19(11)7-6-16-13/h6-8,10H,5,9,15H2,1-4H3,(H,16,17). The molecule has 0 spiro atoms. The molecule has 5 nitrogen and oxygen atoms in total. The highest BCUT2D eigenvalue weighted by molar-refractivity contribution is 5.68. The summed E-state index contributed by atoms with van der Waals surface area (Å²) >= 11 is 0. The Morgan fingerprint density at radius 1 is 1.42 bits per heavy atom. The fourth-order valence-corrected chi connectivity index (χ4v) is 1.80. The monoisotopic (exact) mass is 261 g/mol. The van der Waals surface area contributed by atoms with Crippen molar-refractivity contribution in [3.05, 3.63) is 24.2 Å². The van der Waals surface area contributed by atoms with E-state index in [2.05, 4.69) is 49.2 Å². The highest BCUT2D eigenvalue weighted by atomic mass is 15.2. The van der Waals surface area contributed by atoms with Crippen LogP contribution in [0.5, 0.6) is 0 Å². The van der Waals surface area contributed by atoms with Crippen LogP contribution in [0.25, 0.3) is 5.52 Å². The summed E-state index contributed by atoms with van der Waals surface area (Å²) in [5.74, 6) is 0.842. The second-order valence-corrected chi connectivity index (χ2v) is 5.93. The van der Waals surface area contributed by atoms with Gasteiger partial charge in [-0.1, -0.05) is 27.7 Å². The molecule has 0 fully saturated rings. The van der Waals surface area contributed by atoms with Gasteiger partial charge in [-0.25, -0.2) is 9.50 Å². The molecule has 0 bridgehead atoms. The largest absolute Gasteiger partial charge is 0.367 e. The van der Waals surface area contributed by atoms with Gasteiger partial charge in [0.25, 0.3) is 0 Å². The van der Waals surface area contributed by atoms with Crippen molar-refractivity contribution in [2.45, 2.75) is 45.6 Å². The lowest BCUT2D eigenvalue weighted by atomic mass is 9.92. The Hall–Kier alpha value is -1.62. The van der Waals surface area contributed by atoms with E-state index in [9.17, 15) is 0 Å². The van der Waals surface area contributed by atoms with Gasteiger partial charge < -0.3 is 11.1 Å². The first kappa shape index (κ1) is 13.8. The first-order chi connectivity index (χ1) is 8.91. The molecule has 0 aliphatic carbocycles. The number of hydrogen-bond donors (Lipinski definition) is 2. The number of nitrogens with two attached hydrogens (primary N) is 1. The van der Waals surface area contributed by atoms with Gasteiger partial charge >= 0.3 is 0 Å². The summed E-state index contributed by atoms with van der Waals surface area (Å²) in [5, 5.41) is 7.90. The third-order valence-electron chi connectivity index (χ3n) is 3.21. The van der Waals surface area contributed by atoms with Gasteiger partial charge in [0.1, 0.15) is 5.52 Å². The molecular formula is C14H23N5. The predicted octanol–water partition coefficient (Wildman–Crippen LogP) is 2.18. The van der Waals surface area contributed by atoms with E-state index in [1.165, 1.54) is 0 Å². The zero-order valence-corrected chi connectivity index (χ0v) is 12.1. The Bertz CT molecular complexity index is 552. The van der Waals surface area contributed by atoms with Crippen LogP contribution in [0.4, 0.5) is 5.82 Å². The normalized spacial score (nSPS) is 13.7. The van der Waals surface area contributed by atoms with Crippen LogP contribution in [-0.2, 0) is 5.41 Å². The molecule has 0 radical (unpaired) electrons. The zero-order valence-electron chi connectivity index (χ0n) is 12.1. The fourth-order valence-electron chi connectivity index (χ4n) is 1.80. The number of hydrogen-bond acceptors (Lipinski definition) is 4. The molecule has 3 N–H and O–H groups in total. The third kappa shape index (κ3) is 3.04. The van der Waals surface area contributed by atoms with Crippen LogP contribution in [0.2, 0.25) is 0 Å². The van der Waals surface area contributed by atoms with E-state index in [1.54, 1.807) is 6.20 Å². The van der Waals surface area contributed by atoms with Gasteiger partial charge in [0.15, 0.2) is 5.82 Å². The van der Waals surface area contributed by atoms with Gasteiger partial charge in [0.05, 0.1) is 5.69 Å². The van der Waals surface area contributed by atoms with Crippen molar-refractivity contribution in [3.63, 3.8) is 0 Å². The van der Waals surface area contributed by atoms with E-state index in [0.29, 0.717) is 0 Å². The van der Waals surface area contributed by atoms with Gasteiger partial charge in [0, 0.05) is 30.4 Å².